The number of nitrogens with two attached hydrogens (primary N) is 1. The molecule has 3 heterocycles. The number of nitrogens with zero attached hydrogens (tertiary/aromatic N) is 3. The number of hydrogen-bond donors (Lipinski definition) is 3. The average molecular weight is 611 g/mol. The summed E-state index contributed by atoms with van der Waals surface area (Å²) in [6.45, 7) is 5.58. The number of ether oxygens (including phenoxy) is 1. The molecule has 1 atom stereocenters. The molecular formula is C30H32ClFN6O3S. The van der Waals surface area contributed by atoms with Crippen LogP contribution in [0.2, 0.25) is 5.02 Å². The molecule has 0 bridgehead atoms. The summed E-state index contributed by atoms with van der Waals surface area (Å²) in [6, 6.07) is 11.1. The molecule has 0 spiro atoms. The maximum atomic E-state index is 15.4. The summed E-state index contributed by atoms with van der Waals surface area (Å²) >= 11 is 6.07. The summed E-state index contributed by atoms with van der Waals surface area (Å²) in [6.07, 6.45) is 6.82. The van der Waals surface area contributed by atoms with E-state index in [0.717, 1.165) is 43.6 Å². The van der Waals surface area contributed by atoms with E-state index in [4.69, 9.17) is 27.2 Å². The second-order valence-electron chi connectivity index (χ2n) is 11.0. The minimum Gasteiger partial charge on any atom is -0.383 e. The Kier molecular flexibility index (Phi) is 7.69. The number of aromatic nitrogens is 3. The molecule has 0 unspecified atom stereocenters. The van der Waals surface area contributed by atoms with Crippen molar-refractivity contribution in [2.75, 3.05) is 23.7 Å². The molecule has 220 valence electrons. The summed E-state index contributed by atoms with van der Waals surface area (Å²) in [5, 5.41) is 9.21. The van der Waals surface area contributed by atoms with Crippen molar-refractivity contribution in [3.8, 4) is 11.3 Å². The van der Waals surface area contributed by atoms with Gasteiger partial charge in [0.25, 0.3) is 10.0 Å². The Morgan fingerprint density at radius 2 is 1.95 bits per heavy atom. The fraction of sp³-hybridized carbons (Fsp3) is 0.333. The van der Waals surface area contributed by atoms with Crippen LogP contribution in [0, 0.1) is 5.82 Å². The Balaban J connectivity index is 1.36. The van der Waals surface area contributed by atoms with Crippen LogP contribution in [0.15, 0.2) is 59.6 Å². The maximum absolute atomic E-state index is 15.4. The van der Waals surface area contributed by atoms with E-state index in [1.165, 1.54) is 29.8 Å². The van der Waals surface area contributed by atoms with Gasteiger partial charge in [-0.05, 0) is 62.9 Å². The van der Waals surface area contributed by atoms with Crippen LogP contribution in [0.3, 0.4) is 0 Å². The fourth-order valence-electron chi connectivity index (χ4n) is 5.51. The first kappa shape index (κ1) is 28.6. The van der Waals surface area contributed by atoms with Crippen LogP contribution in [-0.2, 0) is 14.8 Å². The highest BCUT2D eigenvalue weighted by Crippen LogP contribution is 2.40. The lowest BCUT2D eigenvalue weighted by atomic mass is 9.89. The molecule has 42 heavy (non-hydrogen) atoms. The van der Waals surface area contributed by atoms with Crippen LogP contribution < -0.4 is 15.8 Å². The van der Waals surface area contributed by atoms with Gasteiger partial charge in [0.15, 0.2) is 0 Å². The highest BCUT2D eigenvalue weighted by Gasteiger charge is 2.27. The molecule has 0 amide bonds. The molecule has 4 N–H and O–H groups in total. The molecule has 1 fully saturated rings. The molecule has 2 aromatic heterocycles. The number of hydrogen-bond acceptors (Lipinski definition) is 7. The summed E-state index contributed by atoms with van der Waals surface area (Å²) in [7, 11) is -4.11. The highest BCUT2D eigenvalue weighted by atomic mass is 35.5. The van der Waals surface area contributed by atoms with E-state index in [1.807, 2.05) is 18.5 Å². The molecule has 0 radical (unpaired) electrons. The summed E-state index contributed by atoms with van der Waals surface area (Å²) in [5.74, 6) is -0.469. The molecule has 12 heteroatoms. The van der Waals surface area contributed by atoms with Crippen LogP contribution >= 0.6 is 11.6 Å². The Morgan fingerprint density at radius 1 is 1.17 bits per heavy atom. The van der Waals surface area contributed by atoms with Crippen molar-refractivity contribution in [3.63, 3.8) is 0 Å². The average Bonchev–Trinajstić information content (AvgIpc) is 3.35. The monoisotopic (exact) mass is 610 g/mol. The van der Waals surface area contributed by atoms with Crippen LogP contribution in [0.25, 0.3) is 27.7 Å². The SMILES string of the molecule is CC(C)n1nc(-c2ccc(NS(=O)(=O)c3ccccc3Cl)c(F)c2)c2c(N)ncc(C3=CC[C@H](NC4COC4)CC3)c21. The van der Waals surface area contributed by atoms with Gasteiger partial charge in [0.2, 0.25) is 0 Å². The molecule has 0 saturated carbocycles. The third-order valence-corrected chi connectivity index (χ3v) is 9.59. The molecule has 1 saturated heterocycles. The second-order valence-corrected chi connectivity index (χ2v) is 13.1. The summed E-state index contributed by atoms with van der Waals surface area (Å²) in [5.41, 5.74) is 10.1. The number of pyridine rings is 1. The van der Waals surface area contributed by atoms with Crippen molar-refractivity contribution < 1.29 is 17.5 Å². The van der Waals surface area contributed by atoms with Gasteiger partial charge in [-0.2, -0.15) is 5.10 Å². The topological polar surface area (TPSA) is 124 Å². The van der Waals surface area contributed by atoms with Crippen LogP contribution in [0.1, 0.15) is 44.7 Å². The van der Waals surface area contributed by atoms with Gasteiger partial charge in [-0.1, -0.05) is 35.9 Å². The standard InChI is InChI=1S/C30H32ClFN6O3S/c1-17(2)38-29-22(18-7-10-20(11-8-18)35-21-15-41-16-21)14-34-30(33)27(29)28(36-38)19-9-12-25(24(32)13-19)37-42(39,40)26-6-4-3-5-23(26)31/h3-7,9,12-14,17,20-21,35,37H,8,10-11,15-16H2,1-2H3,(H2,33,34)/t20-/m0/s1. The van der Waals surface area contributed by atoms with Gasteiger partial charge in [-0.3, -0.25) is 9.40 Å². The predicted octanol–water partition coefficient (Wildman–Crippen LogP) is 5.78. The number of rotatable bonds is 8. The van der Waals surface area contributed by atoms with E-state index in [-0.39, 0.29) is 21.6 Å². The van der Waals surface area contributed by atoms with Gasteiger partial charge >= 0.3 is 0 Å². The Hall–Kier alpha value is -3.51. The maximum Gasteiger partial charge on any atom is 0.263 e. The van der Waals surface area contributed by atoms with Crippen molar-refractivity contribution in [1.82, 2.24) is 20.1 Å². The third kappa shape index (κ3) is 5.37. The number of allylic oxidation sites excluding steroid dienone is 1. The largest absolute Gasteiger partial charge is 0.383 e. The van der Waals surface area contributed by atoms with Gasteiger partial charge in [-0.25, -0.2) is 17.8 Å². The van der Waals surface area contributed by atoms with E-state index in [0.29, 0.717) is 34.5 Å². The first-order valence-electron chi connectivity index (χ1n) is 13.9. The highest BCUT2D eigenvalue weighted by molar-refractivity contribution is 7.92. The Morgan fingerprint density at radius 3 is 2.60 bits per heavy atom. The smallest absolute Gasteiger partial charge is 0.263 e. The number of benzene rings is 2. The quantitative estimate of drug-likeness (QED) is 0.231. The molecule has 2 aliphatic rings. The van der Waals surface area contributed by atoms with Crippen molar-refractivity contribution in [2.24, 2.45) is 0 Å². The molecule has 2 aromatic carbocycles. The predicted molar refractivity (Wildman–Crippen MR) is 163 cm³/mol. The van der Waals surface area contributed by atoms with E-state index < -0.39 is 15.8 Å². The van der Waals surface area contributed by atoms with E-state index in [1.54, 1.807) is 24.4 Å². The zero-order valence-corrected chi connectivity index (χ0v) is 24.8. The molecule has 1 aliphatic carbocycles. The fourth-order valence-corrected chi connectivity index (χ4v) is 7.10. The normalized spacial score (nSPS) is 17.8. The number of anilines is 2. The van der Waals surface area contributed by atoms with Crippen LogP contribution in [0.5, 0.6) is 0 Å². The van der Waals surface area contributed by atoms with Gasteiger partial charge in [0, 0.05) is 29.4 Å². The van der Waals surface area contributed by atoms with E-state index >= 15 is 4.39 Å². The number of halogens is 2. The van der Waals surface area contributed by atoms with Crippen molar-refractivity contribution in [1.29, 1.82) is 0 Å². The molecular weight excluding hydrogens is 579 g/mol. The Labute approximate surface area is 249 Å². The molecule has 9 nitrogen and oxygen atoms in total. The summed E-state index contributed by atoms with van der Waals surface area (Å²) in [4.78, 5) is 4.38. The van der Waals surface area contributed by atoms with Gasteiger partial charge in [-0.15, -0.1) is 0 Å². The minimum absolute atomic E-state index is 0.00873. The molecule has 1 aliphatic heterocycles. The van der Waals surface area contributed by atoms with E-state index in [9.17, 15) is 8.42 Å². The lowest BCUT2D eigenvalue weighted by molar-refractivity contribution is -0.0103. The third-order valence-electron chi connectivity index (χ3n) is 7.72. The first-order valence-corrected chi connectivity index (χ1v) is 15.8. The molecule has 4 aromatic rings. The van der Waals surface area contributed by atoms with Gasteiger partial charge in [0.1, 0.15) is 22.2 Å². The first-order chi connectivity index (χ1) is 20.1. The van der Waals surface area contributed by atoms with Crippen molar-refractivity contribution >= 4 is 49.6 Å². The van der Waals surface area contributed by atoms with E-state index in [2.05, 4.69) is 21.1 Å². The van der Waals surface area contributed by atoms with Gasteiger partial charge < -0.3 is 15.8 Å². The zero-order chi connectivity index (χ0) is 29.6. The molecule has 6 rings (SSSR count). The summed E-state index contributed by atoms with van der Waals surface area (Å²) < 4.78 is 50.7. The zero-order valence-electron chi connectivity index (χ0n) is 23.3. The van der Waals surface area contributed by atoms with Crippen molar-refractivity contribution in [2.45, 2.75) is 56.1 Å². The van der Waals surface area contributed by atoms with Crippen molar-refractivity contribution in [3.05, 3.63) is 71.1 Å². The lowest BCUT2D eigenvalue weighted by Crippen LogP contribution is -2.50. The number of nitrogen functional groups attached to an aromatic ring is 1. The Bertz CT molecular complexity index is 1800. The van der Waals surface area contributed by atoms with Gasteiger partial charge in [0.05, 0.1) is 40.9 Å². The number of sulfonamides is 1. The number of fused-ring (bicyclic) bond motifs is 1. The second kappa shape index (κ2) is 11.3. The van der Waals surface area contributed by atoms with Crippen LogP contribution in [0.4, 0.5) is 15.9 Å². The lowest BCUT2D eigenvalue weighted by Gasteiger charge is -2.33. The number of nitrogens with one attached hydrogen (secondary N) is 2. The minimum atomic E-state index is -4.11. The van der Waals surface area contributed by atoms with Crippen LogP contribution in [-0.4, -0.2) is 48.5 Å².